The summed E-state index contributed by atoms with van der Waals surface area (Å²) in [6, 6.07) is 6.82. The van der Waals surface area contributed by atoms with Gasteiger partial charge in [0.1, 0.15) is 0 Å². The number of aliphatic hydroxyl groups is 1. The lowest BCUT2D eigenvalue weighted by Crippen LogP contribution is -2.34. The molecule has 2 rings (SSSR count). The Bertz CT molecular complexity index is 443. The van der Waals surface area contributed by atoms with Gasteiger partial charge in [0.15, 0.2) is 0 Å². The molecule has 0 bridgehead atoms. The first-order valence-electron chi connectivity index (χ1n) is 7.04. The minimum absolute atomic E-state index is 0.225. The van der Waals surface area contributed by atoms with Crippen LogP contribution in [0.3, 0.4) is 0 Å². The molecule has 1 atom stereocenters. The fraction of sp³-hybridized carbons (Fsp3) is 0.647. The molecular formula is C17H26O. The first-order valence-corrected chi connectivity index (χ1v) is 7.04. The molecule has 1 nitrogen and oxygen atoms in total. The second kappa shape index (κ2) is 4.38. The van der Waals surface area contributed by atoms with Gasteiger partial charge in [0.2, 0.25) is 0 Å². The maximum atomic E-state index is 9.33. The molecule has 0 fully saturated rings. The van der Waals surface area contributed by atoms with Crippen LogP contribution in [-0.2, 0) is 10.8 Å². The largest absolute Gasteiger partial charge is 0.396 e. The third-order valence-electron chi connectivity index (χ3n) is 4.72. The van der Waals surface area contributed by atoms with Crippen LogP contribution in [0.15, 0.2) is 18.2 Å². The zero-order valence-corrected chi connectivity index (χ0v) is 12.4. The highest BCUT2D eigenvalue weighted by Crippen LogP contribution is 2.46. The van der Waals surface area contributed by atoms with Gasteiger partial charge in [0.05, 0.1) is 0 Å². The molecule has 1 heteroatoms. The zero-order chi connectivity index (χ0) is 13.6. The first-order chi connectivity index (χ1) is 8.28. The van der Waals surface area contributed by atoms with Crippen molar-refractivity contribution in [2.45, 2.75) is 64.2 Å². The lowest BCUT2D eigenvalue weighted by Gasteiger charge is -2.42. The molecule has 100 valence electrons. The molecule has 0 spiro atoms. The molecular weight excluding hydrogens is 220 g/mol. The van der Waals surface area contributed by atoms with Gasteiger partial charge >= 0.3 is 0 Å². The molecule has 0 saturated heterocycles. The molecule has 1 aromatic rings. The van der Waals surface area contributed by atoms with Crippen LogP contribution in [0.4, 0.5) is 0 Å². The number of aliphatic hydroxyl groups excluding tert-OH is 1. The van der Waals surface area contributed by atoms with Crippen LogP contribution in [0.5, 0.6) is 0 Å². The summed E-state index contributed by atoms with van der Waals surface area (Å²) in [6.07, 6.45) is 2.49. The van der Waals surface area contributed by atoms with Crippen molar-refractivity contribution < 1.29 is 5.11 Å². The van der Waals surface area contributed by atoms with Gasteiger partial charge in [0, 0.05) is 12.5 Å². The van der Waals surface area contributed by atoms with E-state index in [2.05, 4.69) is 52.8 Å². The molecule has 1 aromatic carbocycles. The highest BCUT2D eigenvalue weighted by molar-refractivity contribution is 5.44. The van der Waals surface area contributed by atoms with E-state index >= 15 is 0 Å². The molecule has 1 aliphatic carbocycles. The number of benzene rings is 1. The van der Waals surface area contributed by atoms with E-state index in [1.807, 2.05) is 0 Å². The summed E-state index contributed by atoms with van der Waals surface area (Å²) in [5, 5.41) is 9.33. The van der Waals surface area contributed by atoms with Crippen LogP contribution in [0, 0.1) is 0 Å². The number of fused-ring (bicyclic) bond motifs is 1. The van der Waals surface area contributed by atoms with Gasteiger partial charge in [-0.1, -0.05) is 52.8 Å². The third kappa shape index (κ3) is 2.21. The van der Waals surface area contributed by atoms with E-state index in [9.17, 15) is 5.11 Å². The van der Waals surface area contributed by atoms with Gasteiger partial charge in [-0.05, 0) is 40.4 Å². The fourth-order valence-corrected chi connectivity index (χ4v) is 3.02. The molecule has 0 amide bonds. The second-order valence-corrected chi connectivity index (χ2v) is 7.16. The molecule has 0 aromatic heterocycles. The summed E-state index contributed by atoms with van der Waals surface area (Å²) < 4.78 is 0. The number of hydrogen-bond donors (Lipinski definition) is 1. The van der Waals surface area contributed by atoms with Gasteiger partial charge in [-0.3, -0.25) is 0 Å². The average Bonchev–Trinajstić information content (AvgIpc) is 2.34. The molecule has 18 heavy (non-hydrogen) atoms. The summed E-state index contributed by atoms with van der Waals surface area (Å²) in [5.74, 6) is 0.233. The van der Waals surface area contributed by atoms with E-state index in [-0.39, 0.29) is 23.4 Å². The summed E-state index contributed by atoms with van der Waals surface area (Å²) in [7, 11) is 0. The Morgan fingerprint density at radius 3 is 2.17 bits per heavy atom. The lowest BCUT2D eigenvalue weighted by molar-refractivity contribution is 0.272. The van der Waals surface area contributed by atoms with Crippen LogP contribution in [0.25, 0.3) is 0 Å². The molecule has 0 saturated carbocycles. The SMILES string of the molecule is CC(CO)c1ccc2c(c1)C(C)(C)CCC2(C)C. The first kappa shape index (κ1) is 13.6. The van der Waals surface area contributed by atoms with E-state index < -0.39 is 0 Å². The minimum atomic E-state index is 0.225. The Morgan fingerprint density at radius 2 is 1.61 bits per heavy atom. The van der Waals surface area contributed by atoms with E-state index in [4.69, 9.17) is 0 Å². The molecule has 1 N–H and O–H groups in total. The highest BCUT2D eigenvalue weighted by atomic mass is 16.3. The molecule has 0 radical (unpaired) electrons. The monoisotopic (exact) mass is 246 g/mol. The Kier molecular flexibility index (Phi) is 3.31. The van der Waals surface area contributed by atoms with Gasteiger partial charge in [-0.2, -0.15) is 0 Å². The molecule has 0 heterocycles. The quantitative estimate of drug-likeness (QED) is 0.832. The minimum Gasteiger partial charge on any atom is -0.396 e. The average molecular weight is 246 g/mol. The normalized spacial score (nSPS) is 22.3. The Morgan fingerprint density at radius 1 is 1.06 bits per heavy atom. The number of rotatable bonds is 2. The summed E-state index contributed by atoms with van der Waals surface area (Å²) in [4.78, 5) is 0. The Balaban J connectivity index is 2.55. The van der Waals surface area contributed by atoms with Crippen molar-refractivity contribution in [3.8, 4) is 0 Å². The standard InChI is InChI=1S/C17H26O/c1-12(11-18)13-6-7-14-15(10-13)17(4,5)9-8-16(14,2)3/h6-7,10,12,18H,8-9,11H2,1-5H3. The zero-order valence-electron chi connectivity index (χ0n) is 12.4. The van der Waals surface area contributed by atoms with Crippen molar-refractivity contribution in [3.05, 3.63) is 34.9 Å². The Labute approximate surface area is 111 Å². The predicted octanol–water partition coefficient (Wildman–Crippen LogP) is 4.13. The number of hydrogen-bond acceptors (Lipinski definition) is 1. The van der Waals surface area contributed by atoms with Crippen LogP contribution in [0.1, 0.15) is 70.1 Å². The van der Waals surface area contributed by atoms with Crippen molar-refractivity contribution in [3.63, 3.8) is 0 Å². The summed E-state index contributed by atoms with van der Waals surface area (Å²) >= 11 is 0. The van der Waals surface area contributed by atoms with E-state index in [1.54, 1.807) is 0 Å². The lowest BCUT2D eigenvalue weighted by atomic mass is 9.63. The Hall–Kier alpha value is -0.820. The highest BCUT2D eigenvalue weighted by Gasteiger charge is 2.37. The van der Waals surface area contributed by atoms with Crippen LogP contribution >= 0.6 is 0 Å². The van der Waals surface area contributed by atoms with Crippen molar-refractivity contribution in [2.24, 2.45) is 0 Å². The van der Waals surface area contributed by atoms with Crippen molar-refractivity contribution in [1.29, 1.82) is 0 Å². The smallest absolute Gasteiger partial charge is 0.0497 e. The molecule has 0 aliphatic heterocycles. The molecule has 1 aliphatic rings. The van der Waals surface area contributed by atoms with Gasteiger partial charge in [0.25, 0.3) is 0 Å². The van der Waals surface area contributed by atoms with Gasteiger partial charge < -0.3 is 5.11 Å². The molecule has 1 unspecified atom stereocenters. The van der Waals surface area contributed by atoms with Crippen LogP contribution < -0.4 is 0 Å². The second-order valence-electron chi connectivity index (χ2n) is 7.16. The van der Waals surface area contributed by atoms with Crippen LogP contribution in [0.2, 0.25) is 0 Å². The summed E-state index contributed by atoms with van der Waals surface area (Å²) in [6.45, 7) is 11.7. The van der Waals surface area contributed by atoms with Crippen molar-refractivity contribution in [1.82, 2.24) is 0 Å². The predicted molar refractivity (Wildman–Crippen MR) is 77.2 cm³/mol. The fourth-order valence-electron chi connectivity index (χ4n) is 3.02. The van der Waals surface area contributed by atoms with Crippen molar-refractivity contribution >= 4 is 0 Å². The van der Waals surface area contributed by atoms with Gasteiger partial charge in [-0.25, -0.2) is 0 Å². The van der Waals surface area contributed by atoms with E-state index in [0.29, 0.717) is 0 Å². The maximum Gasteiger partial charge on any atom is 0.0497 e. The van der Waals surface area contributed by atoms with E-state index in [0.717, 1.165) is 0 Å². The summed E-state index contributed by atoms with van der Waals surface area (Å²) in [5.41, 5.74) is 4.79. The van der Waals surface area contributed by atoms with E-state index in [1.165, 1.54) is 29.5 Å². The van der Waals surface area contributed by atoms with Crippen molar-refractivity contribution in [2.75, 3.05) is 6.61 Å². The topological polar surface area (TPSA) is 20.2 Å². The van der Waals surface area contributed by atoms with Crippen LogP contribution in [-0.4, -0.2) is 11.7 Å². The third-order valence-corrected chi connectivity index (χ3v) is 4.72. The maximum absolute atomic E-state index is 9.33. The van der Waals surface area contributed by atoms with Gasteiger partial charge in [-0.15, -0.1) is 0 Å².